The lowest BCUT2D eigenvalue weighted by Gasteiger charge is -2.40. The van der Waals surface area contributed by atoms with Crippen molar-refractivity contribution in [3.05, 3.63) is 235 Å². The van der Waals surface area contributed by atoms with Gasteiger partial charge in [0.1, 0.15) is 11.2 Å². The summed E-state index contributed by atoms with van der Waals surface area (Å²) in [6.45, 7) is 0. The zero-order valence-electron chi connectivity index (χ0n) is 33.9. The molecule has 0 amide bonds. The standard InChI is InChI=1S/C58H35N3OS/c1-2-14-36(15-3-1)51-34-52(50-30-28-40(35-59-50)41-21-13-22-45-44-20-6-10-26-53(44)62-56(41)45)61-57(60-51)39-17-12-16-37(32-39)38-29-31-55-49(33-38)58(48-25-9-11-27-54(48)63-55)46-23-7-4-18-42(46)43-19-5-8-24-47(43)58/h1-35H. The Labute approximate surface area is 368 Å². The first-order valence-electron chi connectivity index (χ1n) is 21.2. The predicted molar refractivity (Wildman–Crippen MR) is 256 cm³/mol. The van der Waals surface area contributed by atoms with Crippen LogP contribution in [-0.2, 0) is 5.41 Å². The van der Waals surface area contributed by atoms with Crippen molar-refractivity contribution in [3.63, 3.8) is 0 Å². The Kier molecular flexibility index (Phi) is 8.02. The maximum atomic E-state index is 6.37. The molecule has 0 unspecified atom stereocenters. The lowest BCUT2D eigenvalue weighted by atomic mass is 9.67. The van der Waals surface area contributed by atoms with Crippen LogP contribution in [0.25, 0.3) is 89.4 Å². The first-order valence-corrected chi connectivity index (χ1v) is 22.1. The topological polar surface area (TPSA) is 51.8 Å². The molecule has 0 radical (unpaired) electrons. The van der Waals surface area contributed by atoms with Crippen molar-refractivity contribution in [2.24, 2.45) is 0 Å². The summed E-state index contributed by atoms with van der Waals surface area (Å²) >= 11 is 1.87. The molecule has 0 saturated heterocycles. The zero-order chi connectivity index (χ0) is 41.5. The number of furan rings is 1. The predicted octanol–water partition coefficient (Wildman–Crippen LogP) is 14.9. The third-order valence-corrected chi connectivity index (χ3v) is 14.0. The van der Waals surface area contributed by atoms with E-state index in [9.17, 15) is 0 Å². The Morgan fingerprint density at radius 1 is 0.381 bits per heavy atom. The second-order valence-electron chi connectivity index (χ2n) is 16.3. The molecule has 0 fully saturated rings. The molecule has 2 aliphatic rings. The lowest BCUT2D eigenvalue weighted by Crippen LogP contribution is -2.32. The van der Waals surface area contributed by atoms with Crippen molar-refractivity contribution < 1.29 is 4.42 Å². The molecule has 63 heavy (non-hydrogen) atoms. The van der Waals surface area contributed by atoms with E-state index in [-0.39, 0.29) is 0 Å². The van der Waals surface area contributed by atoms with Crippen LogP contribution < -0.4 is 0 Å². The average Bonchev–Trinajstić information content (AvgIpc) is 3.88. The fraction of sp³-hybridized carbons (Fsp3) is 0.0172. The number of benzene rings is 8. The van der Waals surface area contributed by atoms with Crippen molar-refractivity contribution in [1.82, 2.24) is 15.0 Å². The number of nitrogens with zero attached hydrogens (tertiary/aromatic N) is 3. The first-order chi connectivity index (χ1) is 31.2. The fourth-order valence-corrected chi connectivity index (χ4v) is 11.2. The second-order valence-corrected chi connectivity index (χ2v) is 17.4. The molecule has 5 heteroatoms. The monoisotopic (exact) mass is 821 g/mol. The number of hydrogen-bond donors (Lipinski definition) is 0. The number of para-hydroxylation sites is 2. The van der Waals surface area contributed by atoms with Gasteiger partial charge in [-0.15, -0.1) is 0 Å². The molecule has 0 bridgehead atoms. The van der Waals surface area contributed by atoms with Gasteiger partial charge in [-0.3, -0.25) is 4.98 Å². The summed E-state index contributed by atoms with van der Waals surface area (Å²) in [5.74, 6) is 0.642. The smallest absolute Gasteiger partial charge is 0.160 e. The Morgan fingerprint density at radius 3 is 1.83 bits per heavy atom. The Bertz CT molecular complexity index is 3570. The summed E-state index contributed by atoms with van der Waals surface area (Å²) in [5.41, 5.74) is 17.7. The number of pyridine rings is 1. The van der Waals surface area contributed by atoms with E-state index < -0.39 is 5.41 Å². The third-order valence-electron chi connectivity index (χ3n) is 12.8. The van der Waals surface area contributed by atoms with Gasteiger partial charge in [0, 0.05) is 49.0 Å². The van der Waals surface area contributed by atoms with E-state index in [1.807, 2.05) is 66.5 Å². The quantitative estimate of drug-likeness (QED) is 0.173. The van der Waals surface area contributed by atoms with Crippen molar-refractivity contribution in [2.75, 3.05) is 0 Å². The Morgan fingerprint density at radius 2 is 1.00 bits per heavy atom. The Balaban J connectivity index is 0.925. The van der Waals surface area contributed by atoms with E-state index >= 15 is 0 Å². The van der Waals surface area contributed by atoms with Crippen LogP contribution in [0.15, 0.2) is 227 Å². The van der Waals surface area contributed by atoms with Gasteiger partial charge in [0.25, 0.3) is 0 Å². The number of rotatable bonds is 5. The minimum absolute atomic E-state index is 0.443. The van der Waals surface area contributed by atoms with Crippen molar-refractivity contribution in [2.45, 2.75) is 15.2 Å². The van der Waals surface area contributed by atoms with E-state index in [1.54, 1.807) is 0 Å². The van der Waals surface area contributed by atoms with E-state index in [0.29, 0.717) is 5.82 Å². The molecule has 0 N–H and O–H groups in total. The minimum Gasteiger partial charge on any atom is -0.455 e. The van der Waals surface area contributed by atoms with Gasteiger partial charge < -0.3 is 4.42 Å². The van der Waals surface area contributed by atoms with Crippen LogP contribution in [0.5, 0.6) is 0 Å². The average molecular weight is 822 g/mol. The summed E-state index contributed by atoms with van der Waals surface area (Å²) in [4.78, 5) is 18.0. The van der Waals surface area contributed by atoms with Gasteiger partial charge in [-0.1, -0.05) is 176 Å². The highest BCUT2D eigenvalue weighted by molar-refractivity contribution is 7.99. The largest absolute Gasteiger partial charge is 0.455 e. The lowest BCUT2D eigenvalue weighted by molar-refractivity contribution is 0.670. The zero-order valence-corrected chi connectivity index (χ0v) is 34.7. The van der Waals surface area contributed by atoms with Gasteiger partial charge in [0.2, 0.25) is 0 Å². The van der Waals surface area contributed by atoms with Crippen LogP contribution in [0.4, 0.5) is 0 Å². The van der Waals surface area contributed by atoms with Gasteiger partial charge in [-0.05, 0) is 87.0 Å². The maximum Gasteiger partial charge on any atom is 0.160 e. The minimum atomic E-state index is -0.443. The first kappa shape index (κ1) is 35.9. The molecular formula is C58H35N3OS. The van der Waals surface area contributed by atoms with Crippen LogP contribution in [0.2, 0.25) is 0 Å². The highest BCUT2D eigenvalue weighted by Gasteiger charge is 2.50. The van der Waals surface area contributed by atoms with E-state index in [0.717, 1.165) is 72.4 Å². The van der Waals surface area contributed by atoms with Gasteiger partial charge in [0.15, 0.2) is 5.82 Å². The molecule has 8 aromatic carbocycles. The molecule has 1 aliphatic heterocycles. The molecule has 4 heterocycles. The van der Waals surface area contributed by atoms with Crippen LogP contribution in [-0.4, -0.2) is 15.0 Å². The summed E-state index contributed by atoms with van der Waals surface area (Å²) in [6.07, 6.45) is 1.92. The highest BCUT2D eigenvalue weighted by atomic mass is 32.2. The normalized spacial score (nSPS) is 13.1. The second kappa shape index (κ2) is 14.1. The third kappa shape index (κ3) is 5.53. The molecule has 0 atom stereocenters. The van der Waals surface area contributed by atoms with Crippen LogP contribution in [0.3, 0.4) is 0 Å². The van der Waals surface area contributed by atoms with Crippen molar-refractivity contribution in [3.8, 4) is 67.4 Å². The molecule has 1 spiro atoms. The van der Waals surface area contributed by atoms with Crippen molar-refractivity contribution in [1.29, 1.82) is 0 Å². The molecule has 294 valence electrons. The summed E-state index contributed by atoms with van der Waals surface area (Å²) in [6, 6.07) is 73.5. The van der Waals surface area contributed by atoms with Crippen LogP contribution >= 0.6 is 11.8 Å². The van der Waals surface area contributed by atoms with Crippen LogP contribution in [0, 0.1) is 0 Å². The van der Waals surface area contributed by atoms with Gasteiger partial charge in [-0.25, -0.2) is 9.97 Å². The highest BCUT2D eigenvalue weighted by Crippen LogP contribution is 2.62. The molecule has 13 rings (SSSR count). The van der Waals surface area contributed by atoms with E-state index in [4.69, 9.17) is 19.4 Å². The molecule has 0 saturated carbocycles. The SMILES string of the molecule is c1ccc(-c2cc(-c3ccc(-c4cccc5c4oc4ccccc45)cn3)nc(-c3cccc(-c4ccc5c(c4)C4(c6ccccc6S5)c5ccccc5-c5ccccc54)c3)n2)cc1. The molecule has 11 aromatic rings. The van der Waals surface area contributed by atoms with Gasteiger partial charge >= 0.3 is 0 Å². The number of fused-ring (bicyclic) bond motifs is 12. The molecular weight excluding hydrogens is 787 g/mol. The Hall–Kier alpha value is -7.86. The maximum absolute atomic E-state index is 6.37. The number of hydrogen-bond acceptors (Lipinski definition) is 5. The summed E-state index contributed by atoms with van der Waals surface area (Å²) in [5, 5.41) is 2.20. The molecule has 3 aromatic heterocycles. The van der Waals surface area contributed by atoms with Gasteiger partial charge in [-0.2, -0.15) is 0 Å². The van der Waals surface area contributed by atoms with Gasteiger partial charge in [0.05, 0.1) is 22.5 Å². The molecule has 4 nitrogen and oxygen atoms in total. The summed E-state index contributed by atoms with van der Waals surface area (Å²) in [7, 11) is 0. The van der Waals surface area contributed by atoms with E-state index in [1.165, 1.54) is 43.2 Å². The molecule has 1 aliphatic carbocycles. The number of aromatic nitrogens is 3. The fourth-order valence-electron chi connectivity index (χ4n) is 10.0. The van der Waals surface area contributed by atoms with E-state index in [2.05, 4.69) is 158 Å². The van der Waals surface area contributed by atoms with Crippen molar-refractivity contribution >= 4 is 33.7 Å². The van der Waals surface area contributed by atoms with Crippen LogP contribution in [0.1, 0.15) is 22.3 Å². The summed E-state index contributed by atoms with van der Waals surface area (Å²) < 4.78 is 6.37.